The molecule has 0 aliphatic heterocycles. The van der Waals surface area contributed by atoms with Crippen molar-refractivity contribution in [2.45, 2.75) is 39.8 Å². The van der Waals surface area contributed by atoms with Gasteiger partial charge in [-0.15, -0.1) is 0 Å². The lowest BCUT2D eigenvalue weighted by Gasteiger charge is -2.30. The lowest BCUT2D eigenvalue weighted by atomic mass is 10.2. The second-order valence-electron chi connectivity index (χ2n) is 3.83. The molecule has 2 nitrogen and oxygen atoms in total. The van der Waals surface area contributed by atoms with Gasteiger partial charge >= 0.3 is 0 Å². The van der Waals surface area contributed by atoms with Crippen molar-refractivity contribution in [3.05, 3.63) is 0 Å². The predicted octanol–water partition coefficient (Wildman–Crippen LogP) is 1.80. The van der Waals surface area contributed by atoms with Crippen LogP contribution in [0.25, 0.3) is 0 Å². The van der Waals surface area contributed by atoms with E-state index in [-0.39, 0.29) is 0 Å². The molecular weight excluding hydrogens is 180 g/mol. The largest absolute Gasteiger partial charge is 0.330 e. The molecule has 0 aromatic carbocycles. The molecule has 0 aliphatic carbocycles. The Labute approximate surface area is 87.2 Å². The van der Waals surface area contributed by atoms with E-state index in [9.17, 15) is 0 Å². The molecule has 0 saturated carbocycles. The topological polar surface area (TPSA) is 29.3 Å². The van der Waals surface area contributed by atoms with Gasteiger partial charge in [0, 0.05) is 36.7 Å². The van der Waals surface area contributed by atoms with Crippen molar-refractivity contribution in [3.63, 3.8) is 0 Å². The highest BCUT2D eigenvalue weighted by atomic mass is 32.2. The van der Waals surface area contributed by atoms with Crippen molar-refractivity contribution in [3.8, 4) is 0 Å². The molecule has 0 bridgehead atoms. The van der Waals surface area contributed by atoms with Gasteiger partial charge in [0.15, 0.2) is 0 Å². The monoisotopic (exact) mass is 204 g/mol. The summed E-state index contributed by atoms with van der Waals surface area (Å²) in [5.74, 6) is 2.29. The summed E-state index contributed by atoms with van der Waals surface area (Å²) in [7, 11) is 0. The Kier molecular flexibility index (Phi) is 7.81. The molecule has 0 fully saturated rings. The van der Waals surface area contributed by atoms with E-state index in [4.69, 9.17) is 5.73 Å². The molecule has 0 aliphatic rings. The summed E-state index contributed by atoms with van der Waals surface area (Å²) in [6.07, 6.45) is 0. The van der Waals surface area contributed by atoms with Gasteiger partial charge in [0.25, 0.3) is 0 Å². The molecule has 13 heavy (non-hydrogen) atoms. The first-order valence-electron chi connectivity index (χ1n) is 5.13. The maximum absolute atomic E-state index is 5.43. The van der Waals surface area contributed by atoms with Crippen LogP contribution in [0.1, 0.15) is 27.7 Å². The lowest BCUT2D eigenvalue weighted by Crippen LogP contribution is -2.38. The Morgan fingerprint density at radius 2 is 1.62 bits per heavy atom. The molecule has 0 saturated heterocycles. The highest BCUT2D eigenvalue weighted by molar-refractivity contribution is 7.99. The molecule has 0 amide bonds. The summed E-state index contributed by atoms with van der Waals surface area (Å²) in [5.41, 5.74) is 5.43. The minimum atomic E-state index is 0.651. The standard InChI is InChI=1S/C10H24N2S/c1-9(2)12(10(3)4)6-8-13-7-5-11/h9-10H,5-8,11H2,1-4H3. The fourth-order valence-corrected chi connectivity index (χ4v) is 2.18. The molecule has 0 atom stereocenters. The molecule has 0 aromatic rings. The van der Waals surface area contributed by atoms with Crippen molar-refractivity contribution in [1.29, 1.82) is 0 Å². The number of nitrogens with two attached hydrogens (primary N) is 1. The first-order chi connectivity index (χ1) is 6.09. The van der Waals surface area contributed by atoms with Gasteiger partial charge in [-0.3, -0.25) is 4.90 Å². The smallest absolute Gasteiger partial charge is 0.00778 e. The molecule has 0 rings (SSSR count). The molecule has 3 heteroatoms. The second-order valence-corrected chi connectivity index (χ2v) is 5.05. The van der Waals surface area contributed by atoms with Gasteiger partial charge in [0.1, 0.15) is 0 Å². The maximum atomic E-state index is 5.43. The Bertz CT molecular complexity index is 107. The van der Waals surface area contributed by atoms with E-state index in [2.05, 4.69) is 32.6 Å². The second kappa shape index (κ2) is 7.65. The fourth-order valence-electron chi connectivity index (χ4n) is 1.47. The number of hydrogen-bond acceptors (Lipinski definition) is 3. The normalized spacial score (nSPS) is 12.0. The molecule has 80 valence electrons. The third-order valence-electron chi connectivity index (χ3n) is 2.08. The summed E-state index contributed by atoms with van der Waals surface area (Å²) in [6, 6.07) is 1.30. The minimum absolute atomic E-state index is 0.651. The average Bonchev–Trinajstić information content (AvgIpc) is 2.02. The third-order valence-corrected chi connectivity index (χ3v) is 3.08. The first-order valence-corrected chi connectivity index (χ1v) is 6.28. The van der Waals surface area contributed by atoms with E-state index < -0.39 is 0 Å². The summed E-state index contributed by atoms with van der Waals surface area (Å²) >= 11 is 1.95. The van der Waals surface area contributed by atoms with Crippen LogP contribution in [0.3, 0.4) is 0 Å². The predicted molar refractivity (Wildman–Crippen MR) is 63.4 cm³/mol. The van der Waals surface area contributed by atoms with Crippen molar-refractivity contribution >= 4 is 11.8 Å². The zero-order valence-corrected chi connectivity index (χ0v) is 10.2. The van der Waals surface area contributed by atoms with E-state index in [1.165, 1.54) is 12.3 Å². The van der Waals surface area contributed by atoms with Crippen molar-refractivity contribution in [1.82, 2.24) is 4.90 Å². The highest BCUT2D eigenvalue weighted by Gasteiger charge is 2.11. The summed E-state index contributed by atoms with van der Waals surface area (Å²) < 4.78 is 0. The molecule has 2 N–H and O–H groups in total. The van der Waals surface area contributed by atoms with E-state index in [0.717, 1.165) is 12.3 Å². The molecule has 0 radical (unpaired) electrons. The number of rotatable bonds is 7. The zero-order chi connectivity index (χ0) is 10.3. The van der Waals surface area contributed by atoms with Crippen LogP contribution in [-0.4, -0.2) is 41.6 Å². The Morgan fingerprint density at radius 3 is 2.00 bits per heavy atom. The Balaban J connectivity index is 3.58. The molecule has 0 spiro atoms. The average molecular weight is 204 g/mol. The number of thioether (sulfide) groups is 1. The minimum Gasteiger partial charge on any atom is -0.330 e. The van der Waals surface area contributed by atoms with Crippen molar-refractivity contribution in [2.24, 2.45) is 5.73 Å². The van der Waals surface area contributed by atoms with Gasteiger partial charge in [-0.2, -0.15) is 11.8 Å². The lowest BCUT2D eigenvalue weighted by molar-refractivity contribution is 0.187. The van der Waals surface area contributed by atoms with Crippen molar-refractivity contribution in [2.75, 3.05) is 24.6 Å². The van der Waals surface area contributed by atoms with Gasteiger partial charge in [-0.1, -0.05) is 0 Å². The molecular formula is C10H24N2S. The van der Waals surface area contributed by atoms with Gasteiger partial charge in [-0.05, 0) is 27.7 Å². The molecule has 0 heterocycles. The zero-order valence-electron chi connectivity index (χ0n) is 9.42. The Morgan fingerprint density at radius 1 is 1.08 bits per heavy atom. The van der Waals surface area contributed by atoms with Crippen LogP contribution in [0.2, 0.25) is 0 Å². The van der Waals surface area contributed by atoms with Crippen LogP contribution in [0, 0.1) is 0 Å². The molecule has 0 unspecified atom stereocenters. The van der Waals surface area contributed by atoms with Crippen LogP contribution in [0.4, 0.5) is 0 Å². The van der Waals surface area contributed by atoms with E-state index in [1.54, 1.807) is 0 Å². The Hall–Kier alpha value is 0.270. The molecule has 0 aromatic heterocycles. The first kappa shape index (κ1) is 13.3. The van der Waals surface area contributed by atoms with Crippen LogP contribution in [0.5, 0.6) is 0 Å². The third kappa shape index (κ3) is 6.36. The van der Waals surface area contributed by atoms with Gasteiger partial charge < -0.3 is 5.73 Å². The summed E-state index contributed by atoms with van der Waals surface area (Å²) in [5, 5.41) is 0. The van der Waals surface area contributed by atoms with Crippen molar-refractivity contribution < 1.29 is 0 Å². The quantitative estimate of drug-likeness (QED) is 0.641. The van der Waals surface area contributed by atoms with Crippen LogP contribution in [-0.2, 0) is 0 Å². The van der Waals surface area contributed by atoms with Gasteiger partial charge in [-0.25, -0.2) is 0 Å². The number of nitrogens with zero attached hydrogens (tertiary/aromatic N) is 1. The van der Waals surface area contributed by atoms with E-state index >= 15 is 0 Å². The summed E-state index contributed by atoms with van der Waals surface area (Å²) in [6.45, 7) is 11.0. The SMILES string of the molecule is CC(C)N(CCSCCN)C(C)C. The van der Waals surface area contributed by atoms with E-state index in [0.29, 0.717) is 12.1 Å². The van der Waals surface area contributed by atoms with Crippen LogP contribution >= 0.6 is 11.8 Å². The fraction of sp³-hybridized carbons (Fsp3) is 1.00. The van der Waals surface area contributed by atoms with E-state index in [1.807, 2.05) is 11.8 Å². The summed E-state index contributed by atoms with van der Waals surface area (Å²) in [4.78, 5) is 2.52. The highest BCUT2D eigenvalue weighted by Crippen LogP contribution is 2.07. The number of hydrogen-bond donors (Lipinski definition) is 1. The van der Waals surface area contributed by atoms with Gasteiger partial charge in [0.2, 0.25) is 0 Å². The van der Waals surface area contributed by atoms with Crippen LogP contribution in [0.15, 0.2) is 0 Å². The van der Waals surface area contributed by atoms with Gasteiger partial charge in [0.05, 0.1) is 0 Å². The maximum Gasteiger partial charge on any atom is 0.00778 e. The van der Waals surface area contributed by atoms with Crippen LogP contribution < -0.4 is 5.73 Å².